The fraction of sp³-hybridized carbons (Fsp3) is 0.854. The monoisotopic (exact) mass is 825 g/mol. The first kappa shape index (κ1) is 55.7. The van der Waals surface area contributed by atoms with Crippen LogP contribution in [0.3, 0.4) is 0 Å². The van der Waals surface area contributed by atoms with E-state index in [1.165, 1.54) is 173 Å². The second kappa shape index (κ2) is 44.3. The Kier molecular flexibility index (Phi) is 43.3. The first-order valence-electron chi connectivity index (χ1n) is 24.1. The van der Waals surface area contributed by atoms with Gasteiger partial charge in [0.15, 0.2) is 0 Å². The maximum atomic E-state index is 12.8. The lowest BCUT2D eigenvalue weighted by atomic mass is 10.0. The highest BCUT2D eigenvalue weighted by atomic mass is 31.2. The van der Waals surface area contributed by atoms with Crippen molar-refractivity contribution in [1.29, 1.82) is 0 Å². The number of unbranched alkanes of at least 4 members (excludes halogenated alkanes) is 29. The molecule has 0 spiro atoms. The zero-order valence-electron chi connectivity index (χ0n) is 37.3. The summed E-state index contributed by atoms with van der Waals surface area (Å²) < 4.78 is 22.2. The normalized spacial score (nSPS) is 14.3. The molecule has 0 aromatic heterocycles. The number of hydrogen-bond acceptors (Lipinski definition) is 6. The van der Waals surface area contributed by atoms with E-state index < -0.39 is 20.0 Å². The van der Waals surface area contributed by atoms with E-state index in [-0.39, 0.29) is 25.7 Å². The predicted molar refractivity (Wildman–Crippen MR) is 244 cm³/mol. The Bertz CT molecular complexity index is 990. The molecule has 3 atom stereocenters. The van der Waals surface area contributed by atoms with Gasteiger partial charge in [-0.3, -0.25) is 13.8 Å². The van der Waals surface area contributed by atoms with Crippen molar-refractivity contribution in [3.63, 3.8) is 0 Å². The largest absolute Gasteiger partial charge is 0.472 e. The summed E-state index contributed by atoms with van der Waals surface area (Å²) in [6.07, 6.45) is 53.5. The smallest absolute Gasteiger partial charge is 0.387 e. The molecule has 0 heterocycles. The maximum absolute atomic E-state index is 12.8. The van der Waals surface area contributed by atoms with E-state index in [4.69, 9.17) is 14.8 Å². The lowest BCUT2D eigenvalue weighted by Crippen LogP contribution is -2.45. The van der Waals surface area contributed by atoms with Crippen molar-refractivity contribution in [3.05, 3.63) is 36.5 Å². The van der Waals surface area contributed by atoms with Crippen LogP contribution in [0.1, 0.15) is 232 Å². The number of allylic oxidation sites excluding steroid dienone is 5. The fourth-order valence-electron chi connectivity index (χ4n) is 7.03. The van der Waals surface area contributed by atoms with Crippen LogP contribution in [0.25, 0.3) is 0 Å². The van der Waals surface area contributed by atoms with Gasteiger partial charge in [-0.15, -0.1) is 0 Å². The van der Waals surface area contributed by atoms with E-state index in [1.54, 1.807) is 6.08 Å². The Morgan fingerprint density at radius 3 is 1.35 bits per heavy atom. The van der Waals surface area contributed by atoms with Crippen molar-refractivity contribution in [2.45, 2.75) is 244 Å². The van der Waals surface area contributed by atoms with Crippen molar-refractivity contribution >= 4 is 13.7 Å². The average Bonchev–Trinajstić information content (AvgIpc) is 3.20. The molecule has 0 fully saturated rings. The van der Waals surface area contributed by atoms with Crippen LogP contribution in [0.15, 0.2) is 36.5 Å². The second-order valence-corrected chi connectivity index (χ2v) is 17.8. The van der Waals surface area contributed by atoms with E-state index in [0.717, 1.165) is 38.5 Å². The molecule has 0 aliphatic carbocycles. The molecule has 8 nitrogen and oxygen atoms in total. The van der Waals surface area contributed by atoms with Crippen LogP contribution >= 0.6 is 7.82 Å². The number of aliphatic hydroxyl groups excluding tert-OH is 1. The van der Waals surface area contributed by atoms with Gasteiger partial charge in [-0.25, -0.2) is 4.57 Å². The Balaban J connectivity index is 4.20. The van der Waals surface area contributed by atoms with Gasteiger partial charge in [-0.1, -0.05) is 204 Å². The van der Waals surface area contributed by atoms with Gasteiger partial charge in [0, 0.05) is 13.0 Å². The number of amides is 1. The third kappa shape index (κ3) is 42.6. The number of aliphatic hydroxyl groups is 1. The van der Waals surface area contributed by atoms with Gasteiger partial charge in [-0.05, 0) is 57.8 Å². The topological polar surface area (TPSA) is 131 Å². The number of rotatable bonds is 45. The van der Waals surface area contributed by atoms with Crippen LogP contribution in [0.5, 0.6) is 0 Å². The minimum absolute atomic E-state index is 0.0735. The van der Waals surface area contributed by atoms with Crippen LogP contribution in [-0.2, 0) is 18.4 Å². The molecule has 336 valence electrons. The fourth-order valence-corrected chi connectivity index (χ4v) is 7.79. The highest BCUT2D eigenvalue weighted by molar-refractivity contribution is 7.47. The van der Waals surface area contributed by atoms with Gasteiger partial charge in [0.05, 0.1) is 25.4 Å². The van der Waals surface area contributed by atoms with Crippen LogP contribution in [0.4, 0.5) is 0 Å². The Morgan fingerprint density at radius 2 is 0.930 bits per heavy atom. The molecule has 0 aromatic rings. The quantitative estimate of drug-likeness (QED) is 0.0273. The van der Waals surface area contributed by atoms with Crippen LogP contribution in [0.2, 0.25) is 0 Å². The summed E-state index contributed by atoms with van der Waals surface area (Å²) in [4.78, 5) is 22.8. The summed E-state index contributed by atoms with van der Waals surface area (Å²) in [6, 6.07) is -0.879. The number of hydrogen-bond donors (Lipinski definition) is 4. The number of nitrogens with two attached hydrogens (primary N) is 1. The maximum Gasteiger partial charge on any atom is 0.472 e. The predicted octanol–water partition coefficient (Wildman–Crippen LogP) is 13.9. The summed E-state index contributed by atoms with van der Waals surface area (Å²) >= 11 is 0. The Hall–Kier alpha value is -1.28. The van der Waals surface area contributed by atoms with E-state index in [0.29, 0.717) is 6.42 Å². The second-order valence-electron chi connectivity index (χ2n) is 16.3. The molecule has 0 rings (SSSR count). The minimum Gasteiger partial charge on any atom is -0.387 e. The average molecular weight is 825 g/mol. The standard InChI is InChI=1S/C48H93N2O6P/c1-3-5-7-9-11-13-15-17-19-21-23-24-25-27-29-31-33-35-37-39-41-47(51)46(45-56-57(53,54)55-44-43-49)50-48(52)42-40-38-36-34-32-30-28-26-22-20-18-16-14-12-10-8-6-4-2/h20,22,31,33,39,41,46-47,51H,3-19,21,23-30,32,34-38,40,42-45,49H2,1-2H3,(H,50,52)(H,53,54)/b22-20-,33-31+,41-39+. The zero-order valence-corrected chi connectivity index (χ0v) is 38.2. The molecule has 0 aliphatic rings. The molecule has 9 heteroatoms. The molecule has 5 N–H and O–H groups in total. The zero-order chi connectivity index (χ0) is 41.8. The molecule has 3 unspecified atom stereocenters. The number of phosphoric ester groups is 1. The number of nitrogens with one attached hydrogen (secondary N) is 1. The van der Waals surface area contributed by atoms with E-state index in [1.807, 2.05) is 6.08 Å². The van der Waals surface area contributed by atoms with Crippen molar-refractivity contribution in [3.8, 4) is 0 Å². The summed E-state index contributed by atoms with van der Waals surface area (Å²) in [6.45, 7) is 4.13. The molecule has 0 radical (unpaired) electrons. The Morgan fingerprint density at radius 1 is 0.561 bits per heavy atom. The van der Waals surface area contributed by atoms with Crippen molar-refractivity contribution in [1.82, 2.24) is 5.32 Å². The molecular formula is C48H93N2O6P. The van der Waals surface area contributed by atoms with Crippen LogP contribution < -0.4 is 11.1 Å². The number of carbonyl (C=O) groups excluding carboxylic acids is 1. The van der Waals surface area contributed by atoms with E-state index in [9.17, 15) is 19.4 Å². The number of phosphoric acid groups is 1. The summed E-state index contributed by atoms with van der Waals surface area (Å²) in [5.41, 5.74) is 5.38. The van der Waals surface area contributed by atoms with Crippen LogP contribution in [0, 0.1) is 0 Å². The molecule has 0 saturated carbocycles. The van der Waals surface area contributed by atoms with Crippen LogP contribution in [-0.4, -0.2) is 47.8 Å². The van der Waals surface area contributed by atoms with Gasteiger partial charge >= 0.3 is 7.82 Å². The van der Waals surface area contributed by atoms with Gasteiger partial charge in [0.2, 0.25) is 5.91 Å². The first-order valence-corrected chi connectivity index (χ1v) is 25.6. The lowest BCUT2D eigenvalue weighted by molar-refractivity contribution is -0.123. The first-order chi connectivity index (χ1) is 27.9. The molecule has 0 saturated heterocycles. The van der Waals surface area contributed by atoms with Gasteiger partial charge in [0.25, 0.3) is 0 Å². The Labute approximate surface area is 352 Å². The third-order valence-electron chi connectivity index (χ3n) is 10.7. The molecule has 0 bridgehead atoms. The van der Waals surface area contributed by atoms with Crippen molar-refractivity contribution in [2.24, 2.45) is 5.73 Å². The summed E-state index contributed by atoms with van der Waals surface area (Å²) in [5, 5.41) is 13.7. The molecule has 57 heavy (non-hydrogen) atoms. The lowest BCUT2D eigenvalue weighted by Gasteiger charge is -2.23. The highest BCUT2D eigenvalue weighted by Gasteiger charge is 2.26. The summed E-state index contributed by atoms with van der Waals surface area (Å²) in [7, 11) is -4.35. The van der Waals surface area contributed by atoms with Gasteiger partial charge in [0.1, 0.15) is 0 Å². The SMILES string of the molecule is CCCCCCCCC/C=C\CCCCCCCCCC(=O)NC(COP(=O)(O)OCCN)C(O)/C=C/CC/C=C/CCCCCCCCCCCCCCCC. The van der Waals surface area contributed by atoms with Crippen molar-refractivity contribution < 1.29 is 28.4 Å². The van der Waals surface area contributed by atoms with E-state index in [2.05, 4.69) is 43.5 Å². The molecule has 0 aliphatic heterocycles. The molecule has 1 amide bonds. The highest BCUT2D eigenvalue weighted by Crippen LogP contribution is 2.43. The van der Waals surface area contributed by atoms with Gasteiger partial charge in [-0.2, -0.15) is 0 Å². The van der Waals surface area contributed by atoms with Crippen molar-refractivity contribution in [2.75, 3.05) is 19.8 Å². The molecule has 0 aromatic carbocycles. The third-order valence-corrected chi connectivity index (χ3v) is 11.7. The number of carbonyl (C=O) groups is 1. The minimum atomic E-state index is -4.35. The van der Waals surface area contributed by atoms with Gasteiger partial charge < -0.3 is 21.1 Å². The molecular weight excluding hydrogens is 732 g/mol. The van der Waals surface area contributed by atoms with E-state index >= 15 is 0 Å². The summed E-state index contributed by atoms with van der Waals surface area (Å²) in [5.74, 6) is -0.207.